The molecule has 0 aliphatic heterocycles. The molecule has 130 valence electrons. The molecule has 3 rings (SSSR count). The third kappa shape index (κ3) is 3.50. The second-order valence-electron chi connectivity index (χ2n) is 5.41. The number of pyridine rings is 1. The number of methoxy groups -OCH3 is 1. The lowest BCUT2D eigenvalue weighted by molar-refractivity contribution is -0.126. The molecule has 2 heterocycles. The molecule has 2 N–H and O–H groups in total. The predicted octanol–water partition coefficient (Wildman–Crippen LogP) is 1.46. The van der Waals surface area contributed by atoms with Gasteiger partial charge >= 0.3 is 0 Å². The quantitative estimate of drug-likeness (QED) is 0.541. The first kappa shape index (κ1) is 17.0. The minimum atomic E-state index is -0.332. The standard InChI is InChI=1S/C16H17N5O3S/c1-9-6-11-7-12(24-3)4-5-13(11)21-15(9)19-20-16(21)25-8-14(23)18-17-10(2)22/h4-7H,8H2,1-3H3,(H,17,22)(H,18,23). The topological polar surface area (TPSA) is 97.6 Å². The van der Waals surface area contributed by atoms with Crippen LogP contribution < -0.4 is 15.6 Å². The number of carbonyl (C=O) groups is 2. The maximum Gasteiger partial charge on any atom is 0.248 e. The van der Waals surface area contributed by atoms with Crippen LogP contribution in [0.1, 0.15) is 12.5 Å². The van der Waals surface area contributed by atoms with Gasteiger partial charge in [0.2, 0.25) is 11.8 Å². The number of fused-ring (bicyclic) bond motifs is 3. The zero-order chi connectivity index (χ0) is 18.0. The van der Waals surface area contributed by atoms with Crippen molar-refractivity contribution < 1.29 is 14.3 Å². The third-order valence-corrected chi connectivity index (χ3v) is 4.47. The third-order valence-electron chi connectivity index (χ3n) is 3.54. The Morgan fingerprint density at radius 3 is 2.76 bits per heavy atom. The molecule has 2 aromatic heterocycles. The van der Waals surface area contributed by atoms with Crippen LogP contribution in [0.25, 0.3) is 16.6 Å². The van der Waals surface area contributed by atoms with E-state index in [-0.39, 0.29) is 17.6 Å². The highest BCUT2D eigenvalue weighted by atomic mass is 32.2. The highest BCUT2D eigenvalue weighted by Gasteiger charge is 2.14. The lowest BCUT2D eigenvalue weighted by Crippen LogP contribution is -2.41. The van der Waals surface area contributed by atoms with Gasteiger partial charge in [0.05, 0.1) is 18.4 Å². The fourth-order valence-electron chi connectivity index (χ4n) is 2.44. The van der Waals surface area contributed by atoms with Gasteiger partial charge in [-0.15, -0.1) is 10.2 Å². The van der Waals surface area contributed by atoms with Gasteiger partial charge in [0.25, 0.3) is 0 Å². The van der Waals surface area contributed by atoms with Gasteiger partial charge in [-0.05, 0) is 36.8 Å². The summed E-state index contributed by atoms with van der Waals surface area (Å²) in [5.41, 5.74) is 7.22. The second kappa shape index (κ2) is 6.98. The minimum absolute atomic E-state index is 0.104. The summed E-state index contributed by atoms with van der Waals surface area (Å²) >= 11 is 1.24. The van der Waals surface area contributed by atoms with Crippen LogP contribution in [0.4, 0.5) is 0 Å². The SMILES string of the molecule is COc1ccc2c(c1)cc(C)c1nnc(SCC(=O)NNC(C)=O)n12. The number of amides is 2. The molecular formula is C16H17N5O3S. The van der Waals surface area contributed by atoms with E-state index >= 15 is 0 Å². The lowest BCUT2D eigenvalue weighted by atomic mass is 10.1. The molecule has 0 atom stereocenters. The average molecular weight is 359 g/mol. The van der Waals surface area contributed by atoms with Gasteiger partial charge in [0.15, 0.2) is 10.8 Å². The maximum atomic E-state index is 11.8. The first-order chi connectivity index (χ1) is 12.0. The lowest BCUT2D eigenvalue weighted by Gasteiger charge is -2.09. The van der Waals surface area contributed by atoms with E-state index in [9.17, 15) is 9.59 Å². The fraction of sp³-hybridized carbons (Fsp3) is 0.250. The smallest absolute Gasteiger partial charge is 0.248 e. The highest BCUT2D eigenvalue weighted by molar-refractivity contribution is 7.99. The number of rotatable bonds is 4. The van der Waals surface area contributed by atoms with Crippen molar-refractivity contribution in [2.75, 3.05) is 12.9 Å². The van der Waals surface area contributed by atoms with E-state index in [2.05, 4.69) is 21.0 Å². The number of aromatic nitrogens is 3. The number of aryl methyl sites for hydroxylation is 1. The van der Waals surface area contributed by atoms with Gasteiger partial charge in [-0.25, -0.2) is 0 Å². The van der Waals surface area contributed by atoms with Crippen molar-refractivity contribution in [1.29, 1.82) is 0 Å². The molecule has 1 aromatic carbocycles. The number of nitrogens with zero attached hydrogens (tertiary/aromatic N) is 3. The van der Waals surface area contributed by atoms with Crippen molar-refractivity contribution in [1.82, 2.24) is 25.4 Å². The molecule has 9 heteroatoms. The first-order valence-corrected chi connectivity index (χ1v) is 8.49. The molecular weight excluding hydrogens is 342 g/mol. The Balaban J connectivity index is 1.93. The molecule has 2 amide bonds. The maximum absolute atomic E-state index is 11.8. The minimum Gasteiger partial charge on any atom is -0.497 e. The first-order valence-electron chi connectivity index (χ1n) is 7.50. The van der Waals surface area contributed by atoms with Gasteiger partial charge in [-0.1, -0.05) is 11.8 Å². The van der Waals surface area contributed by atoms with Crippen LogP contribution in [0.5, 0.6) is 5.75 Å². The Morgan fingerprint density at radius 1 is 1.24 bits per heavy atom. The van der Waals surface area contributed by atoms with Gasteiger partial charge < -0.3 is 4.74 Å². The summed E-state index contributed by atoms with van der Waals surface area (Å²) in [4.78, 5) is 22.6. The summed E-state index contributed by atoms with van der Waals surface area (Å²) in [5.74, 6) is 0.216. The normalized spacial score (nSPS) is 10.8. The summed E-state index contributed by atoms with van der Waals surface area (Å²) < 4.78 is 7.20. The summed E-state index contributed by atoms with van der Waals surface area (Å²) in [6.07, 6.45) is 0. The Bertz CT molecular complexity index is 969. The zero-order valence-corrected chi connectivity index (χ0v) is 14.8. The van der Waals surface area contributed by atoms with Crippen LogP contribution in [0.2, 0.25) is 0 Å². The van der Waals surface area contributed by atoms with E-state index in [0.29, 0.717) is 5.16 Å². The number of hydrazine groups is 1. The molecule has 25 heavy (non-hydrogen) atoms. The van der Waals surface area contributed by atoms with Crippen molar-refractivity contribution in [3.8, 4) is 5.75 Å². The van der Waals surface area contributed by atoms with Crippen LogP contribution in [0, 0.1) is 6.92 Å². The summed E-state index contributed by atoms with van der Waals surface area (Å²) in [5, 5.41) is 10.0. The van der Waals surface area contributed by atoms with Gasteiger partial charge in [-0.3, -0.25) is 24.8 Å². The summed E-state index contributed by atoms with van der Waals surface area (Å²) in [6, 6.07) is 7.78. The average Bonchev–Trinajstić information content (AvgIpc) is 3.02. The molecule has 0 aliphatic carbocycles. The number of thioether (sulfide) groups is 1. The molecule has 0 bridgehead atoms. The van der Waals surface area contributed by atoms with Crippen LogP contribution in [0.3, 0.4) is 0 Å². The summed E-state index contributed by atoms with van der Waals surface area (Å²) in [7, 11) is 1.63. The second-order valence-corrected chi connectivity index (χ2v) is 6.35. The van der Waals surface area contributed by atoms with Crippen molar-refractivity contribution in [2.45, 2.75) is 19.0 Å². The monoisotopic (exact) mass is 359 g/mol. The van der Waals surface area contributed by atoms with Crippen molar-refractivity contribution in [2.24, 2.45) is 0 Å². The number of hydrogen-bond donors (Lipinski definition) is 2. The molecule has 0 fully saturated rings. The fourth-order valence-corrected chi connectivity index (χ4v) is 3.18. The number of carbonyl (C=O) groups excluding carboxylic acids is 2. The number of hydrogen-bond acceptors (Lipinski definition) is 6. The van der Waals surface area contributed by atoms with Gasteiger partial charge in [-0.2, -0.15) is 0 Å². The zero-order valence-electron chi connectivity index (χ0n) is 14.0. The van der Waals surface area contributed by atoms with Crippen molar-refractivity contribution in [3.05, 3.63) is 29.8 Å². The molecule has 0 aliphatic rings. The van der Waals surface area contributed by atoms with Crippen LogP contribution in [-0.2, 0) is 9.59 Å². The number of nitrogens with one attached hydrogen (secondary N) is 2. The number of ether oxygens (including phenoxy) is 1. The van der Waals surface area contributed by atoms with Crippen LogP contribution in [-0.4, -0.2) is 39.3 Å². The van der Waals surface area contributed by atoms with E-state index in [1.165, 1.54) is 18.7 Å². The van der Waals surface area contributed by atoms with Gasteiger partial charge in [0.1, 0.15) is 5.75 Å². The molecule has 3 aromatic rings. The number of benzene rings is 1. The van der Waals surface area contributed by atoms with Crippen molar-refractivity contribution in [3.63, 3.8) is 0 Å². The van der Waals surface area contributed by atoms with Crippen molar-refractivity contribution >= 4 is 40.1 Å². The molecule has 0 spiro atoms. The van der Waals surface area contributed by atoms with E-state index in [1.807, 2.05) is 35.6 Å². The Morgan fingerprint density at radius 2 is 2.04 bits per heavy atom. The molecule has 0 saturated heterocycles. The molecule has 0 saturated carbocycles. The van der Waals surface area contributed by atoms with Gasteiger partial charge in [0, 0.05) is 12.3 Å². The Kier molecular flexibility index (Phi) is 4.75. The Hall–Kier alpha value is -2.81. The predicted molar refractivity (Wildman–Crippen MR) is 94.5 cm³/mol. The highest BCUT2D eigenvalue weighted by Crippen LogP contribution is 2.27. The van der Waals surface area contributed by atoms with Crippen LogP contribution in [0.15, 0.2) is 29.4 Å². The van der Waals surface area contributed by atoms with E-state index in [1.54, 1.807) is 7.11 Å². The van der Waals surface area contributed by atoms with E-state index in [4.69, 9.17) is 4.74 Å². The summed E-state index contributed by atoms with van der Waals surface area (Å²) in [6.45, 7) is 3.28. The van der Waals surface area contributed by atoms with E-state index < -0.39 is 0 Å². The molecule has 0 radical (unpaired) electrons. The largest absolute Gasteiger partial charge is 0.497 e. The van der Waals surface area contributed by atoms with E-state index in [0.717, 1.165) is 27.9 Å². The Labute approximate surface area is 147 Å². The molecule has 0 unspecified atom stereocenters. The van der Waals surface area contributed by atoms with Crippen LogP contribution >= 0.6 is 11.8 Å². The molecule has 8 nitrogen and oxygen atoms in total.